The third-order valence-electron chi connectivity index (χ3n) is 2.24. The van der Waals surface area contributed by atoms with Gasteiger partial charge in [0.25, 0.3) is 0 Å². The van der Waals surface area contributed by atoms with Crippen LogP contribution in [0.1, 0.15) is 5.69 Å². The Bertz CT molecular complexity index is 481. The van der Waals surface area contributed by atoms with Gasteiger partial charge in [0, 0.05) is 12.6 Å². The second kappa shape index (κ2) is 4.10. The number of nitrogens with two attached hydrogens (primary N) is 1. The highest BCUT2D eigenvalue weighted by atomic mass is 32.2. The smallest absolute Gasteiger partial charge is 0.140 e. The summed E-state index contributed by atoms with van der Waals surface area (Å²) in [5.41, 5.74) is 7.41. The van der Waals surface area contributed by atoms with Crippen molar-refractivity contribution in [1.29, 1.82) is 0 Å². The van der Waals surface area contributed by atoms with Gasteiger partial charge in [-0.1, -0.05) is 0 Å². The number of nitrogens with zero attached hydrogens (tertiary/aromatic N) is 2. The van der Waals surface area contributed by atoms with Crippen LogP contribution >= 0.6 is 11.8 Å². The predicted octanol–water partition coefficient (Wildman–Crippen LogP) is 1.96. The second-order valence-corrected chi connectivity index (χ2v) is 4.25. The lowest BCUT2D eigenvalue weighted by Crippen LogP contribution is -1.98. The van der Waals surface area contributed by atoms with Crippen LogP contribution in [0.5, 0.6) is 0 Å². The van der Waals surface area contributed by atoms with Crippen molar-refractivity contribution in [3.05, 3.63) is 29.8 Å². The molecule has 0 saturated carbocycles. The zero-order valence-electron chi connectivity index (χ0n) is 8.40. The number of nitrogen functional groups attached to an aromatic ring is 1. The summed E-state index contributed by atoms with van der Waals surface area (Å²) >= 11 is 1.74. The number of halogens is 1. The van der Waals surface area contributed by atoms with Crippen LogP contribution in [-0.2, 0) is 6.42 Å². The van der Waals surface area contributed by atoms with Crippen LogP contribution < -0.4 is 5.73 Å². The molecule has 0 saturated heterocycles. The highest BCUT2D eigenvalue weighted by molar-refractivity contribution is 7.98. The van der Waals surface area contributed by atoms with Crippen LogP contribution in [0.2, 0.25) is 0 Å². The first kappa shape index (κ1) is 10.3. The molecule has 15 heavy (non-hydrogen) atoms. The number of fused-ring (bicyclic) bond motifs is 1. The molecule has 0 atom stereocenters. The molecule has 0 aliphatic heterocycles. The fourth-order valence-corrected chi connectivity index (χ4v) is 1.87. The number of anilines is 1. The Labute approximate surface area is 91.5 Å². The Hall–Kier alpha value is -1.23. The SMILES string of the molecule is CSCCc1nc2ccc(F)cn2c1N. The van der Waals surface area contributed by atoms with Crippen molar-refractivity contribution in [1.82, 2.24) is 9.38 Å². The van der Waals surface area contributed by atoms with Crippen molar-refractivity contribution in [2.75, 3.05) is 17.7 Å². The monoisotopic (exact) mass is 225 g/mol. The number of rotatable bonds is 3. The van der Waals surface area contributed by atoms with Gasteiger partial charge in [0.15, 0.2) is 0 Å². The van der Waals surface area contributed by atoms with Gasteiger partial charge in [-0.05, 0) is 24.1 Å². The molecule has 0 amide bonds. The van der Waals surface area contributed by atoms with E-state index in [0.29, 0.717) is 11.5 Å². The predicted molar refractivity (Wildman–Crippen MR) is 61.6 cm³/mol. The van der Waals surface area contributed by atoms with Crippen LogP contribution in [0.15, 0.2) is 18.3 Å². The topological polar surface area (TPSA) is 43.3 Å². The van der Waals surface area contributed by atoms with Gasteiger partial charge in [0.1, 0.15) is 17.3 Å². The molecule has 0 fully saturated rings. The number of aryl methyl sites for hydroxylation is 1. The molecular formula is C10H12FN3S. The van der Waals surface area contributed by atoms with Crippen LogP contribution in [0.3, 0.4) is 0 Å². The van der Waals surface area contributed by atoms with Gasteiger partial charge in [-0.3, -0.25) is 4.40 Å². The third kappa shape index (κ3) is 1.92. The van der Waals surface area contributed by atoms with Crippen molar-refractivity contribution in [2.24, 2.45) is 0 Å². The quantitative estimate of drug-likeness (QED) is 0.868. The fourth-order valence-electron chi connectivity index (χ4n) is 1.47. The zero-order chi connectivity index (χ0) is 10.8. The summed E-state index contributed by atoms with van der Waals surface area (Å²) in [6, 6.07) is 3.02. The lowest BCUT2D eigenvalue weighted by Gasteiger charge is -1.97. The minimum Gasteiger partial charge on any atom is -0.383 e. The minimum atomic E-state index is -0.303. The molecule has 2 aromatic heterocycles. The summed E-state index contributed by atoms with van der Waals surface area (Å²) < 4.78 is 14.6. The van der Waals surface area contributed by atoms with Crippen LogP contribution in [0.25, 0.3) is 5.65 Å². The standard InChI is InChI=1S/C10H12FN3S/c1-15-5-4-8-10(12)14-6-7(11)2-3-9(14)13-8/h2-3,6H,4-5,12H2,1H3. The molecule has 0 radical (unpaired) electrons. The maximum absolute atomic E-state index is 13.0. The maximum Gasteiger partial charge on any atom is 0.140 e. The fraction of sp³-hybridized carbons (Fsp3) is 0.300. The van der Waals surface area contributed by atoms with Crippen molar-refractivity contribution in [2.45, 2.75) is 6.42 Å². The zero-order valence-corrected chi connectivity index (χ0v) is 9.22. The van der Waals surface area contributed by atoms with E-state index in [-0.39, 0.29) is 5.82 Å². The first-order chi connectivity index (χ1) is 7.22. The summed E-state index contributed by atoms with van der Waals surface area (Å²) in [4.78, 5) is 4.35. The minimum absolute atomic E-state index is 0.303. The number of thioether (sulfide) groups is 1. The molecule has 0 aromatic carbocycles. The van der Waals surface area contributed by atoms with Gasteiger partial charge in [0.05, 0.1) is 5.69 Å². The highest BCUT2D eigenvalue weighted by Gasteiger charge is 2.08. The number of hydrogen-bond acceptors (Lipinski definition) is 3. The Balaban J connectivity index is 2.45. The molecule has 2 aromatic rings. The first-order valence-electron chi connectivity index (χ1n) is 4.63. The number of hydrogen-bond donors (Lipinski definition) is 1. The van der Waals surface area contributed by atoms with E-state index >= 15 is 0 Å². The van der Waals surface area contributed by atoms with Crippen LogP contribution in [0.4, 0.5) is 10.2 Å². The second-order valence-electron chi connectivity index (χ2n) is 3.26. The van der Waals surface area contributed by atoms with E-state index in [1.54, 1.807) is 22.2 Å². The van der Waals surface area contributed by atoms with Crippen molar-refractivity contribution >= 4 is 23.2 Å². The molecule has 0 spiro atoms. The Morgan fingerprint density at radius 3 is 3.07 bits per heavy atom. The van der Waals surface area contributed by atoms with Gasteiger partial charge < -0.3 is 5.73 Å². The molecule has 0 bridgehead atoms. The lowest BCUT2D eigenvalue weighted by atomic mass is 10.3. The summed E-state index contributed by atoms with van der Waals surface area (Å²) in [7, 11) is 0. The Kier molecular flexibility index (Phi) is 2.81. The van der Waals surface area contributed by atoms with E-state index in [1.165, 1.54) is 12.3 Å². The van der Waals surface area contributed by atoms with E-state index in [2.05, 4.69) is 4.98 Å². The number of pyridine rings is 1. The molecule has 3 nitrogen and oxygen atoms in total. The van der Waals surface area contributed by atoms with Crippen molar-refractivity contribution in [3.63, 3.8) is 0 Å². The van der Waals surface area contributed by atoms with Gasteiger partial charge in [-0.2, -0.15) is 11.8 Å². The third-order valence-corrected chi connectivity index (χ3v) is 2.85. The lowest BCUT2D eigenvalue weighted by molar-refractivity contribution is 0.619. The molecular weight excluding hydrogens is 213 g/mol. The summed E-state index contributed by atoms with van der Waals surface area (Å²) in [6.07, 6.45) is 4.21. The normalized spacial score (nSPS) is 11.1. The first-order valence-corrected chi connectivity index (χ1v) is 6.02. The van der Waals surface area contributed by atoms with Gasteiger partial charge >= 0.3 is 0 Å². The van der Waals surface area contributed by atoms with Crippen molar-refractivity contribution < 1.29 is 4.39 Å². The van der Waals surface area contributed by atoms with E-state index < -0.39 is 0 Å². The molecule has 0 aliphatic rings. The van der Waals surface area contributed by atoms with Gasteiger partial charge in [-0.25, -0.2) is 9.37 Å². The Morgan fingerprint density at radius 2 is 2.33 bits per heavy atom. The van der Waals surface area contributed by atoms with Gasteiger partial charge in [0.2, 0.25) is 0 Å². The number of aromatic nitrogens is 2. The van der Waals surface area contributed by atoms with Crippen LogP contribution in [0, 0.1) is 5.82 Å². The largest absolute Gasteiger partial charge is 0.383 e. The molecule has 0 unspecified atom stereocenters. The summed E-state index contributed by atoms with van der Waals surface area (Å²) in [5.74, 6) is 1.21. The summed E-state index contributed by atoms with van der Waals surface area (Å²) in [5, 5.41) is 0. The molecule has 5 heteroatoms. The molecule has 2 heterocycles. The average Bonchev–Trinajstić information content (AvgIpc) is 2.53. The molecule has 0 aliphatic carbocycles. The maximum atomic E-state index is 13.0. The van der Waals surface area contributed by atoms with E-state index in [9.17, 15) is 4.39 Å². The van der Waals surface area contributed by atoms with E-state index in [0.717, 1.165) is 17.9 Å². The van der Waals surface area contributed by atoms with E-state index in [1.807, 2.05) is 6.26 Å². The molecule has 80 valence electrons. The van der Waals surface area contributed by atoms with Crippen molar-refractivity contribution in [3.8, 4) is 0 Å². The molecule has 2 rings (SSSR count). The van der Waals surface area contributed by atoms with E-state index in [4.69, 9.17) is 5.73 Å². The van der Waals surface area contributed by atoms with Gasteiger partial charge in [-0.15, -0.1) is 0 Å². The Morgan fingerprint density at radius 1 is 1.53 bits per heavy atom. The summed E-state index contributed by atoms with van der Waals surface area (Å²) in [6.45, 7) is 0. The highest BCUT2D eigenvalue weighted by Crippen LogP contribution is 2.17. The number of imidazole rings is 1. The average molecular weight is 225 g/mol. The molecule has 2 N–H and O–H groups in total. The van der Waals surface area contributed by atoms with Crippen LogP contribution in [-0.4, -0.2) is 21.4 Å².